The van der Waals surface area contributed by atoms with E-state index in [1.165, 1.54) is 0 Å². The van der Waals surface area contributed by atoms with Gasteiger partial charge in [0.25, 0.3) is 0 Å². The van der Waals surface area contributed by atoms with Crippen molar-refractivity contribution < 1.29 is 4.74 Å². The van der Waals surface area contributed by atoms with Crippen molar-refractivity contribution in [2.24, 2.45) is 0 Å². The van der Waals surface area contributed by atoms with E-state index in [2.05, 4.69) is 4.98 Å². The lowest BCUT2D eigenvalue weighted by molar-refractivity contribution is 0.462. The number of hydrogen-bond donors (Lipinski definition) is 0. The molecule has 2 aromatic rings. The van der Waals surface area contributed by atoms with E-state index in [9.17, 15) is 0 Å². The molecule has 1 heterocycles. The number of aromatic nitrogens is 1. The van der Waals surface area contributed by atoms with Crippen LogP contribution < -0.4 is 4.74 Å². The number of ether oxygens (including phenoxy) is 1. The summed E-state index contributed by atoms with van der Waals surface area (Å²) in [5.41, 5.74) is 0.973. The number of nitrogens with zero attached hydrogens (tertiary/aromatic N) is 1. The Morgan fingerprint density at radius 1 is 1.12 bits per heavy atom. The lowest BCUT2D eigenvalue weighted by Crippen LogP contribution is -1.88. The van der Waals surface area contributed by atoms with Gasteiger partial charge in [0.15, 0.2) is 0 Å². The standard InChI is InChI=1S/C12H9Cl2NO/c13-8-9-5-6-15-12(7-9)16-11-3-1-10(14)2-4-11/h1-7H,8H2. The third-order valence-corrected chi connectivity index (χ3v) is 2.55. The van der Waals surface area contributed by atoms with Crippen LogP contribution in [-0.2, 0) is 5.88 Å². The zero-order chi connectivity index (χ0) is 11.4. The summed E-state index contributed by atoms with van der Waals surface area (Å²) in [6.45, 7) is 0. The molecule has 0 aliphatic rings. The van der Waals surface area contributed by atoms with E-state index in [-0.39, 0.29) is 0 Å². The molecular formula is C12H9Cl2NO. The van der Waals surface area contributed by atoms with Gasteiger partial charge < -0.3 is 4.74 Å². The van der Waals surface area contributed by atoms with Gasteiger partial charge >= 0.3 is 0 Å². The molecule has 0 fully saturated rings. The fourth-order valence-electron chi connectivity index (χ4n) is 1.21. The smallest absolute Gasteiger partial charge is 0.219 e. The largest absolute Gasteiger partial charge is 0.439 e. The van der Waals surface area contributed by atoms with E-state index in [1.54, 1.807) is 30.5 Å². The number of pyridine rings is 1. The maximum absolute atomic E-state index is 5.77. The Balaban J connectivity index is 2.16. The molecule has 16 heavy (non-hydrogen) atoms. The summed E-state index contributed by atoms with van der Waals surface area (Å²) in [7, 11) is 0. The van der Waals surface area contributed by atoms with E-state index in [4.69, 9.17) is 27.9 Å². The summed E-state index contributed by atoms with van der Waals surface area (Å²) in [6.07, 6.45) is 1.67. The minimum absolute atomic E-state index is 0.444. The molecule has 0 spiro atoms. The highest BCUT2D eigenvalue weighted by atomic mass is 35.5. The van der Waals surface area contributed by atoms with Crippen LogP contribution in [0.25, 0.3) is 0 Å². The zero-order valence-corrected chi connectivity index (χ0v) is 9.87. The molecule has 0 radical (unpaired) electrons. The zero-order valence-electron chi connectivity index (χ0n) is 8.36. The van der Waals surface area contributed by atoms with Gasteiger partial charge in [-0.25, -0.2) is 4.98 Å². The van der Waals surface area contributed by atoms with Gasteiger partial charge in [-0.15, -0.1) is 11.6 Å². The Morgan fingerprint density at radius 3 is 2.56 bits per heavy atom. The van der Waals surface area contributed by atoms with Crippen molar-refractivity contribution >= 4 is 23.2 Å². The molecule has 0 saturated heterocycles. The number of rotatable bonds is 3. The van der Waals surface area contributed by atoms with Crippen molar-refractivity contribution in [3.63, 3.8) is 0 Å². The first-order valence-corrected chi connectivity index (χ1v) is 5.63. The second-order valence-corrected chi connectivity index (χ2v) is 3.90. The Bertz CT molecular complexity index is 471. The van der Waals surface area contributed by atoms with Gasteiger partial charge in [0.1, 0.15) is 5.75 Å². The maximum atomic E-state index is 5.77. The van der Waals surface area contributed by atoms with Gasteiger partial charge in [0.2, 0.25) is 5.88 Å². The molecule has 0 atom stereocenters. The van der Waals surface area contributed by atoms with Crippen LogP contribution in [-0.4, -0.2) is 4.98 Å². The van der Waals surface area contributed by atoms with Gasteiger partial charge in [-0.1, -0.05) is 11.6 Å². The second kappa shape index (κ2) is 5.19. The molecule has 1 aromatic carbocycles. The van der Waals surface area contributed by atoms with Crippen molar-refractivity contribution in [2.45, 2.75) is 5.88 Å². The van der Waals surface area contributed by atoms with Crippen molar-refractivity contribution in [2.75, 3.05) is 0 Å². The highest BCUT2D eigenvalue weighted by Crippen LogP contribution is 2.22. The average molecular weight is 254 g/mol. The highest BCUT2D eigenvalue weighted by molar-refractivity contribution is 6.30. The first kappa shape index (κ1) is 11.2. The predicted molar refractivity (Wildman–Crippen MR) is 65.3 cm³/mol. The summed E-state index contributed by atoms with van der Waals surface area (Å²) in [4.78, 5) is 4.09. The number of hydrogen-bond acceptors (Lipinski definition) is 2. The van der Waals surface area contributed by atoms with Gasteiger partial charge in [0.05, 0.1) is 0 Å². The van der Waals surface area contributed by atoms with Gasteiger partial charge in [-0.2, -0.15) is 0 Å². The molecule has 2 rings (SSSR count). The summed E-state index contributed by atoms with van der Waals surface area (Å²) in [5, 5.41) is 0.676. The van der Waals surface area contributed by atoms with Gasteiger partial charge in [0, 0.05) is 23.2 Å². The molecule has 0 amide bonds. The fourth-order valence-corrected chi connectivity index (χ4v) is 1.50. The molecule has 0 bridgehead atoms. The summed E-state index contributed by atoms with van der Waals surface area (Å²) in [6, 6.07) is 10.8. The first-order chi connectivity index (χ1) is 7.78. The van der Waals surface area contributed by atoms with Crippen LogP contribution >= 0.6 is 23.2 Å². The fraction of sp³-hybridized carbons (Fsp3) is 0.0833. The molecular weight excluding hydrogens is 245 g/mol. The normalized spacial score (nSPS) is 10.1. The molecule has 0 N–H and O–H groups in total. The number of alkyl halides is 1. The topological polar surface area (TPSA) is 22.1 Å². The Labute approximate surface area is 104 Å². The summed E-state index contributed by atoms with van der Waals surface area (Å²) >= 11 is 11.5. The lowest BCUT2D eigenvalue weighted by Gasteiger charge is -2.05. The Morgan fingerprint density at radius 2 is 1.88 bits per heavy atom. The number of benzene rings is 1. The van der Waals surface area contributed by atoms with Crippen LogP contribution in [0.3, 0.4) is 0 Å². The second-order valence-electron chi connectivity index (χ2n) is 3.19. The third-order valence-electron chi connectivity index (χ3n) is 1.99. The van der Waals surface area contributed by atoms with Crippen molar-refractivity contribution in [1.29, 1.82) is 0 Å². The van der Waals surface area contributed by atoms with Gasteiger partial charge in [-0.05, 0) is 35.9 Å². The quantitative estimate of drug-likeness (QED) is 0.763. The number of halogens is 2. The van der Waals surface area contributed by atoms with Crippen molar-refractivity contribution in [3.05, 3.63) is 53.2 Å². The SMILES string of the molecule is ClCc1ccnc(Oc2ccc(Cl)cc2)c1. The van der Waals surface area contributed by atoms with Crippen LogP contribution in [0.2, 0.25) is 5.02 Å². The molecule has 4 heteroatoms. The van der Waals surface area contributed by atoms with Crippen LogP contribution in [0.1, 0.15) is 5.56 Å². The molecule has 0 saturated carbocycles. The van der Waals surface area contributed by atoms with E-state index in [0.717, 1.165) is 5.56 Å². The van der Waals surface area contributed by atoms with Crippen LogP contribution in [0, 0.1) is 0 Å². The van der Waals surface area contributed by atoms with E-state index >= 15 is 0 Å². The molecule has 0 unspecified atom stereocenters. The van der Waals surface area contributed by atoms with Crippen LogP contribution in [0.4, 0.5) is 0 Å². The monoisotopic (exact) mass is 253 g/mol. The van der Waals surface area contributed by atoms with E-state index in [0.29, 0.717) is 22.5 Å². The molecule has 2 nitrogen and oxygen atoms in total. The minimum Gasteiger partial charge on any atom is -0.439 e. The first-order valence-electron chi connectivity index (χ1n) is 4.72. The summed E-state index contributed by atoms with van der Waals surface area (Å²) in [5.74, 6) is 1.67. The van der Waals surface area contributed by atoms with Crippen molar-refractivity contribution in [3.8, 4) is 11.6 Å². The molecule has 1 aromatic heterocycles. The predicted octanol–water partition coefficient (Wildman–Crippen LogP) is 4.27. The molecule has 0 aliphatic heterocycles. The van der Waals surface area contributed by atoms with Crippen LogP contribution in [0.5, 0.6) is 11.6 Å². The van der Waals surface area contributed by atoms with Crippen LogP contribution in [0.15, 0.2) is 42.6 Å². The maximum Gasteiger partial charge on any atom is 0.219 e. The van der Waals surface area contributed by atoms with Gasteiger partial charge in [-0.3, -0.25) is 0 Å². The highest BCUT2D eigenvalue weighted by Gasteiger charge is 1.99. The van der Waals surface area contributed by atoms with Crippen molar-refractivity contribution in [1.82, 2.24) is 4.98 Å². The molecule has 82 valence electrons. The lowest BCUT2D eigenvalue weighted by atomic mass is 10.3. The van der Waals surface area contributed by atoms with E-state index < -0.39 is 0 Å². The third kappa shape index (κ3) is 2.87. The average Bonchev–Trinajstić information content (AvgIpc) is 2.32. The molecule has 0 aliphatic carbocycles. The van der Waals surface area contributed by atoms with E-state index in [1.807, 2.05) is 12.1 Å². The summed E-state index contributed by atoms with van der Waals surface area (Å²) < 4.78 is 5.55. The minimum atomic E-state index is 0.444. The Hall–Kier alpha value is -1.25. The Kier molecular flexibility index (Phi) is 3.65.